The van der Waals surface area contributed by atoms with E-state index in [1.165, 1.54) is 0 Å². The molecule has 0 aliphatic heterocycles. The SMILES string of the molecule is CC(C)Cn1c(CNC(=O)OC(C)(C)C)c(-c2ccccc2)c2cc(C(=O)NN)ccc2c1=O. The van der Waals surface area contributed by atoms with Gasteiger partial charge in [-0.3, -0.25) is 15.0 Å². The third kappa shape index (κ3) is 5.63. The van der Waals surface area contributed by atoms with Gasteiger partial charge in [0.1, 0.15) is 5.60 Å². The first kappa shape index (κ1) is 25.0. The van der Waals surface area contributed by atoms with E-state index < -0.39 is 17.6 Å². The number of hydrazine groups is 1. The average Bonchev–Trinajstić information content (AvgIpc) is 2.78. The number of rotatable bonds is 6. The van der Waals surface area contributed by atoms with Crippen molar-refractivity contribution >= 4 is 22.8 Å². The average molecular weight is 465 g/mol. The lowest BCUT2D eigenvalue weighted by Gasteiger charge is -2.23. The second kappa shape index (κ2) is 10.1. The van der Waals surface area contributed by atoms with Crippen LogP contribution in [0.2, 0.25) is 0 Å². The first-order valence-electron chi connectivity index (χ1n) is 11.2. The molecule has 0 saturated carbocycles. The van der Waals surface area contributed by atoms with Gasteiger partial charge < -0.3 is 14.6 Å². The Labute approximate surface area is 199 Å². The minimum Gasteiger partial charge on any atom is -0.444 e. The smallest absolute Gasteiger partial charge is 0.407 e. The van der Waals surface area contributed by atoms with Gasteiger partial charge in [0.2, 0.25) is 0 Å². The van der Waals surface area contributed by atoms with Crippen LogP contribution in [0.3, 0.4) is 0 Å². The summed E-state index contributed by atoms with van der Waals surface area (Å²) in [4.78, 5) is 38.3. The Bertz CT molecular complexity index is 1260. The number of nitrogens with two attached hydrogens (primary N) is 1. The maximum atomic E-state index is 13.6. The number of hydrogen-bond donors (Lipinski definition) is 3. The summed E-state index contributed by atoms with van der Waals surface area (Å²) < 4.78 is 7.11. The van der Waals surface area contributed by atoms with Crippen LogP contribution in [0.5, 0.6) is 0 Å². The van der Waals surface area contributed by atoms with Crippen LogP contribution in [-0.2, 0) is 17.8 Å². The summed E-state index contributed by atoms with van der Waals surface area (Å²) in [6.45, 7) is 9.96. The predicted molar refractivity (Wildman–Crippen MR) is 133 cm³/mol. The summed E-state index contributed by atoms with van der Waals surface area (Å²) in [5.74, 6) is 5.06. The molecule has 2 amide bonds. The lowest BCUT2D eigenvalue weighted by molar-refractivity contribution is 0.0522. The van der Waals surface area contributed by atoms with Gasteiger partial charge in [0.15, 0.2) is 0 Å². The summed E-state index contributed by atoms with van der Waals surface area (Å²) >= 11 is 0. The summed E-state index contributed by atoms with van der Waals surface area (Å²) in [7, 11) is 0. The van der Waals surface area contributed by atoms with E-state index in [-0.39, 0.29) is 18.0 Å². The molecule has 2 aromatic carbocycles. The van der Waals surface area contributed by atoms with Crippen molar-refractivity contribution < 1.29 is 14.3 Å². The van der Waals surface area contributed by atoms with Gasteiger partial charge in [-0.25, -0.2) is 10.6 Å². The van der Waals surface area contributed by atoms with E-state index in [0.29, 0.717) is 28.6 Å². The molecule has 8 nitrogen and oxygen atoms in total. The molecule has 0 radical (unpaired) electrons. The Morgan fingerprint density at radius 1 is 1.06 bits per heavy atom. The number of aromatic nitrogens is 1. The molecule has 3 aromatic rings. The topological polar surface area (TPSA) is 115 Å². The van der Waals surface area contributed by atoms with Gasteiger partial charge in [0, 0.05) is 28.8 Å². The van der Waals surface area contributed by atoms with Gasteiger partial charge in [0.25, 0.3) is 11.5 Å². The Balaban J connectivity index is 2.31. The lowest BCUT2D eigenvalue weighted by Crippen LogP contribution is -2.35. The normalized spacial score (nSPS) is 11.5. The highest BCUT2D eigenvalue weighted by atomic mass is 16.6. The van der Waals surface area contributed by atoms with Crippen LogP contribution >= 0.6 is 0 Å². The molecule has 1 aromatic heterocycles. The van der Waals surface area contributed by atoms with Crippen molar-refractivity contribution in [2.75, 3.05) is 0 Å². The predicted octanol–water partition coefficient (Wildman–Crippen LogP) is 3.95. The molecule has 0 unspecified atom stereocenters. The molecular formula is C26H32N4O4. The van der Waals surface area contributed by atoms with E-state index in [4.69, 9.17) is 10.6 Å². The third-order valence-electron chi connectivity index (χ3n) is 5.18. The summed E-state index contributed by atoms with van der Waals surface area (Å²) in [5, 5.41) is 3.89. The molecule has 3 rings (SSSR count). The fourth-order valence-corrected chi connectivity index (χ4v) is 3.86. The van der Waals surface area contributed by atoms with Crippen LogP contribution in [0.1, 0.15) is 50.7 Å². The summed E-state index contributed by atoms with van der Waals surface area (Å²) in [5.41, 5.74) is 3.88. The highest BCUT2D eigenvalue weighted by Gasteiger charge is 2.22. The lowest BCUT2D eigenvalue weighted by atomic mass is 9.94. The number of nitrogen functional groups attached to an aromatic ring is 1. The number of pyridine rings is 1. The second-order valence-corrected chi connectivity index (χ2v) is 9.59. The Morgan fingerprint density at radius 3 is 2.32 bits per heavy atom. The molecule has 8 heteroatoms. The molecule has 34 heavy (non-hydrogen) atoms. The van der Waals surface area contributed by atoms with Gasteiger partial charge in [0.05, 0.1) is 6.54 Å². The minimum atomic E-state index is -0.655. The van der Waals surface area contributed by atoms with Crippen molar-refractivity contribution in [1.29, 1.82) is 0 Å². The van der Waals surface area contributed by atoms with E-state index in [2.05, 4.69) is 10.7 Å². The van der Waals surface area contributed by atoms with Crippen LogP contribution < -0.4 is 22.1 Å². The molecular weight excluding hydrogens is 432 g/mol. The first-order valence-corrected chi connectivity index (χ1v) is 11.2. The van der Waals surface area contributed by atoms with E-state index in [1.54, 1.807) is 43.5 Å². The van der Waals surface area contributed by atoms with Crippen LogP contribution in [0.25, 0.3) is 21.9 Å². The van der Waals surface area contributed by atoms with Crippen molar-refractivity contribution in [1.82, 2.24) is 15.3 Å². The van der Waals surface area contributed by atoms with Crippen molar-refractivity contribution in [2.45, 2.75) is 53.3 Å². The van der Waals surface area contributed by atoms with Crippen LogP contribution in [0, 0.1) is 5.92 Å². The molecule has 180 valence electrons. The number of hydrogen-bond acceptors (Lipinski definition) is 5. The van der Waals surface area contributed by atoms with E-state index in [9.17, 15) is 14.4 Å². The number of nitrogens with one attached hydrogen (secondary N) is 2. The van der Waals surface area contributed by atoms with Crippen LogP contribution in [-0.4, -0.2) is 22.2 Å². The molecule has 0 aliphatic rings. The number of benzene rings is 2. The van der Waals surface area contributed by atoms with Crippen LogP contribution in [0.15, 0.2) is 53.3 Å². The van der Waals surface area contributed by atoms with E-state index in [0.717, 1.165) is 11.1 Å². The van der Waals surface area contributed by atoms with Gasteiger partial charge in [-0.2, -0.15) is 0 Å². The van der Waals surface area contributed by atoms with E-state index in [1.807, 2.05) is 44.2 Å². The molecule has 0 saturated heterocycles. The molecule has 4 N–H and O–H groups in total. The fourth-order valence-electron chi connectivity index (χ4n) is 3.86. The first-order chi connectivity index (χ1) is 16.0. The zero-order valence-corrected chi connectivity index (χ0v) is 20.3. The maximum absolute atomic E-state index is 13.6. The van der Waals surface area contributed by atoms with E-state index >= 15 is 0 Å². The number of carbonyl (C=O) groups excluding carboxylic acids is 2. The molecule has 0 bridgehead atoms. The van der Waals surface area contributed by atoms with Gasteiger partial charge >= 0.3 is 6.09 Å². The second-order valence-electron chi connectivity index (χ2n) is 9.59. The molecule has 1 heterocycles. The van der Waals surface area contributed by atoms with Gasteiger partial charge in [-0.15, -0.1) is 0 Å². The monoisotopic (exact) mass is 464 g/mol. The van der Waals surface area contributed by atoms with Crippen molar-refractivity contribution in [2.24, 2.45) is 11.8 Å². The number of alkyl carbamates (subject to hydrolysis) is 1. The molecule has 0 fully saturated rings. The number of fused-ring (bicyclic) bond motifs is 1. The zero-order valence-electron chi connectivity index (χ0n) is 20.3. The molecule has 0 atom stereocenters. The zero-order chi connectivity index (χ0) is 25.0. The number of carbonyl (C=O) groups is 2. The Hall–Kier alpha value is -3.65. The number of amides is 2. The van der Waals surface area contributed by atoms with Crippen molar-refractivity contribution in [3.8, 4) is 11.1 Å². The maximum Gasteiger partial charge on any atom is 0.407 e. The third-order valence-corrected chi connectivity index (χ3v) is 5.18. The summed E-state index contributed by atoms with van der Waals surface area (Å²) in [6.07, 6.45) is -0.577. The highest BCUT2D eigenvalue weighted by molar-refractivity contribution is 6.03. The van der Waals surface area contributed by atoms with Gasteiger partial charge in [-0.1, -0.05) is 44.2 Å². The largest absolute Gasteiger partial charge is 0.444 e. The number of nitrogens with zero attached hydrogens (tertiary/aromatic N) is 1. The van der Waals surface area contributed by atoms with Crippen LogP contribution in [0.4, 0.5) is 4.79 Å². The van der Waals surface area contributed by atoms with Gasteiger partial charge in [-0.05, 0) is 55.8 Å². The Kier molecular flexibility index (Phi) is 7.41. The standard InChI is InChI=1S/C26H32N4O4/c1-16(2)15-30-21(14-28-25(33)34-26(3,4)5)22(17-9-7-6-8-10-17)20-13-18(23(31)29-27)11-12-19(20)24(30)32/h6-13,16H,14-15,27H2,1-5H3,(H,28,33)(H,29,31). The molecule has 0 spiro atoms. The fraction of sp³-hybridized carbons (Fsp3) is 0.346. The summed E-state index contributed by atoms with van der Waals surface area (Å²) in [6, 6.07) is 14.5. The quantitative estimate of drug-likeness (QED) is 0.290. The van der Waals surface area contributed by atoms with Crippen molar-refractivity contribution in [3.05, 3.63) is 70.1 Å². The number of ether oxygens (including phenoxy) is 1. The van der Waals surface area contributed by atoms with Crippen molar-refractivity contribution in [3.63, 3.8) is 0 Å². The highest BCUT2D eigenvalue weighted by Crippen LogP contribution is 2.32. The Morgan fingerprint density at radius 2 is 1.74 bits per heavy atom. The minimum absolute atomic E-state index is 0.0738. The molecule has 0 aliphatic carbocycles.